The summed E-state index contributed by atoms with van der Waals surface area (Å²) in [5.41, 5.74) is 0. The molecule has 1 aliphatic heterocycles. The number of hydrogen-bond donors (Lipinski definition) is 6. The number of amides is 1. The highest BCUT2D eigenvalue weighted by Gasteiger charge is 2.44. The summed E-state index contributed by atoms with van der Waals surface area (Å²) in [5, 5.41) is 54.9. The van der Waals surface area contributed by atoms with Gasteiger partial charge in [-0.1, -0.05) is 423 Å². The van der Waals surface area contributed by atoms with E-state index >= 15 is 0 Å². The predicted octanol–water partition coefficient (Wildman–Crippen LogP) is 23.5. The average molecular weight is 1290 g/mol. The van der Waals surface area contributed by atoms with E-state index in [0.717, 1.165) is 38.5 Å². The first-order valence-electron chi connectivity index (χ1n) is 41.1. The first kappa shape index (κ1) is 87.7. The van der Waals surface area contributed by atoms with Crippen molar-refractivity contribution in [3.05, 3.63) is 24.3 Å². The maximum atomic E-state index is 13.2. The lowest BCUT2D eigenvalue weighted by molar-refractivity contribution is -0.302. The van der Waals surface area contributed by atoms with Crippen molar-refractivity contribution in [1.82, 2.24) is 5.32 Å². The molecule has 7 unspecified atom stereocenters. The largest absolute Gasteiger partial charge is 0.394 e. The Balaban J connectivity index is 2.04. The van der Waals surface area contributed by atoms with Gasteiger partial charge in [0.2, 0.25) is 5.91 Å². The summed E-state index contributed by atoms with van der Waals surface area (Å²) in [7, 11) is 0. The Morgan fingerprint density at radius 3 is 0.923 bits per heavy atom. The van der Waals surface area contributed by atoms with Gasteiger partial charge in [-0.3, -0.25) is 4.79 Å². The van der Waals surface area contributed by atoms with Gasteiger partial charge < -0.3 is 40.3 Å². The third kappa shape index (κ3) is 59.7. The van der Waals surface area contributed by atoms with Crippen LogP contribution >= 0.6 is 0 Å². The Morgan fingerprint density at radius 2 is 0.626 bits per heavy atom. The van der Waals surface area contributed by atoms with Crippen molar-refractivity contribution >= 4 is 5.91 Å². The Labute approximate surface area is 566 Å². The average Bonchev–Trinajstić information content (AvgIpc) is 1.18. The molecule has 0 aromatic heterocycles. The number of hydrogen-bond acceptors (Lipinski definition) is 8. The zero-order chi connectivity index (χ0) is 65.7. The van der Waals surface area contributed by atoms with E-state index in [0.29, 0.717) is 6.42 Å². The Hall–Kier alpha value is -1.33. The molecule has 6 N–H and O–H groups in total. The number of rotatable bonds is 74. The van der Waals surface area contributed by atoms with Crippen molar-refractivity contribution in [3.63, 3.8) is 0 Å². The minimum atomic E-state index is -1.57. The van der Waals surface area contributed by atoms with Crippen LogP contribution in [0.25, 0.3) is 0 Å². The Bertz CT molecular complexity index is 1490. The molecule has 91 heavy (non-hydrogen) atoms. The van der Waals surface area contributed by atoms with Gasteiger partial charge in [-0.15, -0.1) is 0 Å². The second kappa shape index (κ2) is 71.4. The summed E-state index contributed by atoms with van der Waals surface area (Å²) >= 11 is 0. The summed E-state index contributed by atoms with van der Waals surface area (Å²) in [5.74, 6) is -0.176. The van der Waals surface area contributed by atoms with Crippen molar-refractivity contribution < 1.29 is 39.8 Å². The molecule has 7 atom stereocenters. The van der Waals surface area contributed by atoms with Gasteiger partial charge in [0, 0.05) is 6.42 Å². The molecular formula is C82H159NO8. The quantitative estimate of drug-likeness (QED) is 0.0261. The Kier molecular flexibility index (Phi) is 68.8. The van der Waals surface area contributed by atoms with Crippen LogP contribution in [-0.4, -0.2) is 87.5 Å². The van der Waals surface area contributed by atoms with Gasteiger partial charge in [0.05, 0.1) is 25.4 Å². The highest BCUT2D eigenvalue weighted by Crippen LogP contribution is 2.24. The van der Waals surface area contributed by atoms with Gasteiger partial charge in [0.25, 0.3) is 0 Å². The number of allylic oxidation sites excluding steroid dienone is 3. The van der Waals surface area contributed by atoms with Crippen LogP contribution in [0.3, 0.4) is 0 Å². The topological polar surface area (TPSA) is 149 Å². The molecule has 540 valence electrons. The third-order valence-electron chi connectivity index (χ3n) is 20.0. The maximum Gasteiger partial charge on any atom is 0.220 e. The van der Waals surface area contributed by atoms with Crippen LogP contribution in [0.4, 0.5) is 0 Å². The first-order chi connectivity index (χ1) is 44.8. The highest BCUT2D eigenvalue weighted by molar-refractivity contribution is 5.76. The number of nitrogens with one attached hydrogen (secondary N) is 1. The van der Waals surface area contributed by atoms with Crippen LogP contribution in [0.15, 0.2) is 24.3 Å². The molecular weight excluding hydrogens is 1130 g/mol. The molecule has 1 heterocycles. The van der Waals surface area contributed by atoms with E-state index < -0.39 is 49.5 Å². The van der Waals surface area contributed by atoms with Crippen LogP contribution in [0, 0.1) is 0 Å². The number of carbonyl (C=O) groups is 1. The number of ether oxygens (including phenoxy) is 2. The van der Waals surface area contributed by atoms with Crippen LogP contribution < -0.4 is 5.32 Å². The molecule has 1 saturated heterocycles. The van der Waals surface area contributed by atoms with E-state index in [4.69, 9.17) is 9.47 Å². The molecule has 0 aliphatic carbocycles. The fraction of sp³-hybridized carbons (Fsp3) is 0.939. The van der Waals surface area contributed by atoms with E-state index in [9.17, 15) is 30.3 Å². The van der Waals surface area contributed by atoms with Gasteiger partial charge >= 0.3 is 0 Å². The molecule has 0 radical (unpaired) electrons. The molecule has 0 spiro atoms. The fourth-order valence-corrected chi connectivity index (χ4v) is 13.7. The first-order valence-corrected chi connectivity index (χ1v) is 41.1. The summed E-state index contributed by atoms with van der Waals surface area (Å²) in [6.45, 7) is 3.84. The minimum absolute atomic E-state index is 0.176. The molecule has 0 bridgehead atoms. The number of unbranched alkanes of at least 4 members (excludes halogenated alkanes) is 62. The molecule has 1 fully saturated rings. The zero-order valence-electron chi connectivity index (χ0n) is 60.9. The smallest absolute Gasteiger partial charge is 0.220 e. The van der Waals surface area contributed by atoms with E-state index in [1.54, 1.807) is 6.08 Å². The predicted molar refractivity (Wildman–Crippen MR) is 392 cm³/mol. The number of aliphatic hydroxyl groups is 5. The molecule has 1 aliphatic rings. The van der Waals surface area contributed by atoms with Gasteiger partial charge in [-0.25, -0.2) is 0 Å². The normalized spacial score (nSPS) is 17.7. The molecule has 1 amide bonds. The summed E-state index contributed by atoms with van der Waals surface area (Å²) in [6, 6.07) is -0.821. The van der Waals surface area contributed by atoms with Crippen LogP contribution in [-0.2, 0) is 14.3 Å². The van der Waals surface area contributed by atoms with Crippen molar-refractivity contribution in [3.8, 4) is 0 Å². The van der Waals surface area contributed by atoms with Crippen LogP contribution in [0.5, 0.6) is 0 Å². The van der Waals surface area contributed by atoms with Crippen molar-refractivity contribution in [2.45, 2.75) is 480 Å². The van der Waals surface area contributed by atoms with Gasteiger partial charge in [-0.05, 0) is 32.1 Å². The lowest BCUT2D eigenvalue weighted by Gasteiger charge is -2.40. The molecule has 9 nitrogen and oxygen atoms in total. The molecule has 0 saturated carbocycles. The van der Waals surface area contributed by atoms with Crippen molar-refractivity contribution in [2.24, 2.45) is 0 Å². The summed E-state index contributed by atoms with van der Waals surface area (Å²) < 4.78 is 11.3. The Morgan fingerprint density at radius 1 is 0.363 bits per heavy atom. The number of carbonyl (C=O) groups excluding carboxylic acids is 1. The summed E-state index contributed by atoms with van der Waals surface area (Å²) in [4.78, 5) is 13.2. The second-order valence-electron chi connectivity index (χ2n) is 28.9. The zero-order valence-corrected chi connectivity index (χ0v) is 60.9. The molecule has 9 heteroatoms. The van der Waals surface area contributed by atoms with Crippen molar-refractivity contribution in [2.75, 3.05) is 13.2 Å². The molecule has 0 aromatic carbocycles. The van der Waals surface area contributed by atoms with Gasteiger partial charge in [0.1, 0.15) is 24.4 Å². The fourth-order valence-electron chi connectivity index (χ4n) is 13.7. The van der Waals surface area contributed by atoms with Crippen LogP contribution in [0.2, 0.25) is 0 Å². The van der Waals surface area contributed by atoms with E-state index in [-0.39, 0.29) is 12.5 Å². The lowest BCUT2D eigenvalue weighted by atomic mass is 9.99. The molecule has 0 aromatic rings. The number of aliphatic hydroxyl groups excluding tert-OH is 5. The van der Waals surface area contributed by atoms with Crippen molar-refractivity contribution in [1.29, 1.82) is 0 Å². The second-order valence-corrected chi connectivity index (χ2v) is 28.9. The minimum Gasteiger partial charge on any atom is -0.394 e. The van der Waals surface area contributed by atoms with Gasteiger partial charge in [-0.2, -0.15) is 0 Å². The standard InChI is InChI=1S/C82H159NO8/c1-3-5-7-9-11-13-15-17-19-21-23-25-27-29-31-33-34-35-36-37-38-39-40-41-42-43-44-46-48-50-52-54-56-58-60-62-64-66-68-70-72-78(86)83-75(74-90-82-81(89)80(88)79(87)77(73-84)91-82)76(85)71-69-67-65-63-61-59-57-55-53-51-49-47-45-32-30-28-26-24-22-20-18-16-14-12-10-8-6-4-2/h61,63,69,71,75-77,79-82,84-85,87-89H,3-60,62,64-68,70,72-74H2,1-2H3,(H,83,86)/b63-61+,71-69+. The van der Waals surface area contributed by atoms with Crippen LogP contribution in [0.1, 0.15) is 438 Å². The SMILES string of the molecule is CCCCCCCCCCCCCCCCCCCCCCCC/C=C/CC/C=C/C(O)C(COC1OC(CO)C(O)C(O)C1O)NC(=O)CCCCCCCCCCCCCCCCCCCCCCCCCCCCCCCCCCCCCCCCCC. The summed E-state index contributed by atoms with van der Waals surface area (Å²) in [6.07, 6.45) is 89.3. The third-order valence-corrected chi connectivity index (χ3v) is 20.0. The monoisotopic (exact) mass is 1290 g/mol. The highest BCUT2D eigenvalue weighted by atomic mass is 16.7. The van der Waals surface area contributed by atoms with E-state index in [1.165, 1.54) is 379 Å². The lowest BCUT2D eigenvalue weighted by Crippen LogP contribution is -2.60. The van der Waals surface area contributed by atoms with E-state index in [1.807, 2.05) is 6.08 Å². The van der Waals surface area contributed by atoms with Gasteiger partial charge in [0.15, 0.2) is 6.29 Å². The van der Waals surface area contributed by atoms with E-state index in [2.05, 4.69) is 31.3 Å². The molecule has 1 rings (SSSR count). The maximum absolute atomic E-state index is 13.2.